The van der Waals surface area contributed by atoms with E-state index in [0.717, 1.165) is 6.20 Å². The van der Waals surface area contributed by atoms with E-state index in [-0.39, 0.29) is 22.8 Å². The van der Waals surface area contributed by atoms with Crippen molar-refractivity contribution in [2.24, 2.45) is 0 Å². The van der Waals surface area contributed by atoms with Crippen LogP contribution in [0.2, 0.25) is 0 Å². The summed E-state index contributed by atoms with van der Waals surface area (Å²) in [5, 5.41) is 0. The van der Waals surface area contributed by atoms with Gasteiger partial charge in [-0.05, 0) is 18.2 Å². The number of nitrogen functional groups attached to an aromatic ring is 1. The number of pyridine rings is 1. The van der Waals surface area contributed by atoms with Gasteiger partial charge in [0.25, 0.3) is 0 Å². The van der Waals surface area contributed by atoms with Gasteiger partial charge in [0.15, 0.2) is 0 Å². The smallest absolute Gasteiger partial charge is 0.242 e. The summed E-state index contributed by atoms with van der Waals surface area (Å²) in [5.74, 6) is -0.228. The van der Waals surface area contributed by atoms with Crippen molar-refractivity contribution in [3.05, 3.63) is 54.0 Å². The molecule has 1 aromatic heterocycles. The molecule has 0 spiro atoms. The summed E-state index contributed by atoms with van der Waals surface area (Å²) in [5.41, 5.74) is 5.65. The zero-order chi connectivity index (χ0) is 13.9. The van der Waals surface area contributed by atoms with E-state index in [1.807, 2.05) is 0 Å². The number of rotatable bonds is 4. The van der Waals surface area contributed by atoms with Crippen molar-refractivity contribution in [2.45, 2.75) is 11.4 Å². The molecule has 0 fully saturated rings. The molecule has 3 N–H and O–H groups in total. The molecule has 0 unspecified atom stereocenters. The summed E-state index contributed by atoms with van der Waals surface area (Å²) in [4.78, 5) is 3.69. The number of hydrogen-bond acceptors (Lipinski definition) is 4. The Kier molecular flexibility index (Phi) is 3.77. The first kappa shape index (κ1) is 13.4. The van der Waals surface area contributed by atoms with E-state index >= 15 is 0 Å². The highest BCUT2D eigenvalue weighted by Gasteiger charge is 2.14. The number of hydrogen-bond donors (Lipinski definition) is 2. The lowest BCUT2D eigenvalue weighted by atomic mass is 10.2. The molecule has 0 saturated heterocycles. The summed E-state index contributed by atoms with van der Waals surface area (Å²) in [6.45, 7) is -0.126. The molecule has 2 aromatic rings. The van der Waals surface area contributed by atoms with Gasteiger partial charge in [0.2, 0.25) is 10.0 Å². The molecule has 0 aliphatic rings. The Balaban J connectivity index is 2.14. The monoisotopic (exact) mass is 281 g/mol. The minimum absolute atomic E-state index is 0.0157. The Morgan fingerprint density at radius 1 is 1.21 bits per heavy atom. The normalized spacial score (nSPS) is 11.4. The van der Waals surface area contributed by atoms with Crippen LogP contribution >= 0.6 is 0 Å². The number of sulfonamides is 1. The van der Waals surface area contributed by atoms with E-state index in [2.05, 4.69) is 9.71 Å². The van der Waals surface area contributed by atoms with Gasteiger partial charge in [0.1, 0.15) is 16.5 Å². The van der Waals surface area contributed by atoms with Gasteiger partial charge in [-0.3, -0.25) is 0 Å². The van der Waals surface area contributed by atoms with Crippen LogP contribution in [-0.2, 0) is 16.6 Å². The number of nitrogens with zero attached hydrogens (tertiary/aromatic N) is 1. The average molecular weight is 281 g/mol. The van der Waals surface area contributed by atoms with Gasteiger partial charge < -0.3 is 5.73 Å². The predicted molar refractivity (Wildman–Crippen MR) is 69.1 cm³/mol. The average Bonchev–Trinajstić information content (AvgIpc) is 2.38. The van der Waals surface area contributed by atoms with Crippen molar-refractivity contribution >= 4 is 15.8 Å². The number of anilines is 1. The maximum atomic E-state index is 13.4. The number of benzene rings is 1. The third-order valence-electron chi connectivity index (χ3n) is 2.48. The molecule has 5 nitrogen and oxygen atoms in total. The fraction of sp³-hybridized carbons (Fsp3) is 0.0833. The van der Waals surface area contributed by atoms with E-state index in [0.29, 0.717) is 0 Å². The summed E-state index contributed by atoms with van der Waals surface area (Å²) in [6, 6.07) is 8.69. The molecule has 100 valence electrons. The molecule has 0 atom stereocenters. The number of aromatic nitrogens is 1. The minimum Gasteiger partial charge on any atom is -0.384 e. The van der Waals surface area contributed by atoms with Gasteiger partial charge in [-0.25, -0.2) is 22.5 Å². The standard InChI is InChI=1S/C12H12FN3O2S/c13-11-4-2-1-3-9(11)7-16-19(17,18)10-5-6-12(14)15-8-10/h1-6,8,16H,7H2,(H2,14,15). The molecule has 0 aliphatic carbocycles. The first-order valence-corrected chi connectivity index (χ1v) is 6.92. The molecule has 0 amide bonds. The molecular formula is C12H12FN3O2S. The van der Waals surface area contributed by atoms with Crippen LogP contribution in [0.3, 0.4) is 0 Å². The quantitative estimate of drug-likeness (QED) is 0.884. The van der Waals surface area contributed by atoms with Crippen molar-refractivity contribution in [3.63, 3.8) is 0 Å². The second-order valence-electron chi connectivity index (χ2n) is 3.83. The summed E-state index contributed by atoms with van der Waals surface area (Å²) < 4.78 is 39.5. The molecule has 0 bridgehead atoms. The Morgan fingerprint density at radius 2 is 1.95 bits per heavy atom. The molecule has 2 rings (SSSR count). The van der Waals surface area contributed by atoms with Gasteiger partial charge in [-0.2, -0.15) is 0 Å². The fourth-order valence-corrected chi connectivity index (χ4v) is 2.40. The largest absolute Gasteiger partial charge is 0.384 e. The van der Waals surface area contributed by atoms with Crippen molar-refractivity contribution < 1.29 is 12.8 Å². The molecule has 19 heavy (non-hydrogen) atoms. The molecule has 1 heterocycles. The molecule has 0 saturated carbocycles. The van der Waals surface area contributed by atoms with Gasteiger partial charge in [-0.15, -0.1) is 0 Å². The van der Waals surface area contributed by atoms with E-state index < -0.39 is 15.8 Å². The van der Waals surface area contributed by atoms with E-state index in [1.165, 1.54) is 30.3 Å². The van der Waals surface area contributed by atoms with Crippen LogP contribution in [0.4, 0.5) is 10.2 Å². The van der Waals surface area contributed by atoms with Crippen LogP contribution in [0.1, 0.15) is 5.56 Å². The van der Waals surface area contributed by atoms with Crippen LogP contribution < -0.4 is 10.5 Å². The van der Waals surface area contributed by atoms with Crippen LogP contribution in [0.15, 0.2) is 47.5 Å². The fourth-order valence-electron chi connectivity index (χ4n) is 1.45. The number of halogens is 1. The van der Waals surface area contributed by atoms with Gasteiger partial charge in [0, 0.05) is 18.3 Å². The molecule has 1 aromatic carbocycles. The lowest BCUT2D eigenvalue weighted by Crippen LogP contribution is -2.23. The Hall–Kier alpha value is -1.99. The maximum Gasteiger partial charge on any atom is 0.242 e. The Morgan fingerprint density at radius 3 is 2.58 bits per heavy atom. The predicted octanol–water partition coefficient (Wildman–Crippen LogP) is 1.28. The lowest BCUT2D eigenvalue weighted by molar-refractivity contribution is 0.574. The Labute approximate surface area is 110 Å². The second-order valence-corrected chi connectivity index (χ2v) is 5.60. The van der Waals surface area contributed by atoms with Crippen LogP contribution in [0.5, 0.6) is 0 Å². The van der Waals surface area contributed by atoms with Gasteiger partial charge in [0.05, 0.1) is 0 Å². The van der Waals surface area contributed by atoms with Crippen LogP contribution in [0, 0.1) is 5.82 Å². The van der Waals surface area contributed by atoms with Crippen molar-refractivity contribution in [1.29, 1.82) is 0 Å². The first-order chi connectivity index (χ1) is 8.99. The SMILES string of the molecule is Nc1ccc(S(=O)(=O)NCc2ccccc2F)cn1. The summed E-state index contributed by atoms with van der Waals surface area (Å²) >= 11 is 0. The van der Waals surface area contributed by atoms with Gasteiger partial charge >= 0.3 is 0 Å². The zero-order valence-electron chi connectivity index (χ0n) is 9.88. The van der Waals surface area contributed by atoms with E-state index in [1.54, 1.807) is 6.07 Å². The van der Waals surface area contributed by atoms with Crippen LogP contribution in [-0.4, -0.2) is 13.4 Å². The topological polar surface area (TPSA) is 85.1 Å². The number of nitrogens with one attached hydrogen (secondary N) is 1. The van der Waals surface area contributed by atoms with Crippen molar-refractivity contribution in [1.82, 2.24) is 9.71 Å². The summed E-state index contributed by atoms with van der Waals surface area (Å²) in [7, 11) is -3.73. The third-order valence-corrected chi connectivity index (χ3v) is 3.87. The highest BCUT2D eigenvalue weighted by molar-refractivity contribution is 7.89. The molecule has 0 radical (unpaired) electrons. The zero-order valence-corrected chi connectivity index (χ0v) is 10.7. The second kappa shape index (κ2) is 5.33. The van der Waals surface area contributed by atoms with Gasteiger partial charge in [-0.1, -0.05) is 18.2 Å². The highest BCUT2D eigenvalue weighted by Crippen LogP contribution is 2.11. The van der Waals surface area contributed by atoms with E-state index in [9.17, 15) is 12.8 Å². The Bertz CT molecular complexity index is 672. The summed E-state index contributed by atoms with van der Waals surface area (Å²) in [6.07, 6.45) is 1.15. The van der Waals surface area contributed by atoms with Crippen molar-refractivity contribution in [3.8, 4) is 0 Å². The molecule has 0 aliphatic heterocycles. The van der Waals surface area contributed by atoms with Crippen molar-refractivity contribution in [2.75, 3.05) is 5.73 Å². The highest BCUT2D eigenvalue weighted by atomic mass is 32.2. The molecular weight excluding hydrogens is 269 g/mol. The number of nitrogens with two attached hydrogens (primary N) is 1. The van der Waals surface area contributed by atoms with Crippen LogP contribution in [0.25, 0.3) is 0 Å². The molecule has 7 heteroatoms. The van der Waals surface area contributed by atoms with E-state index in [4.69, 9.17) is 5.73 Å². The third kappa shape index (κ3) is 3.27. The lowest BCUT2D eigenvalue weighted by Gasteiger charge is -2.07. The maximum absolute atomic E-state index is 13.4. The minimum atomic E-state index is -3.73. The first-order valence-electron chi connectivity index (χ1n) is 5.43.